The van der Waals surface area contributed by atoms with Crippen molar-refractivity contribution < 1.29 is 0 Å². The maximum atomic E-state index is 6.09. The van der Waals surface area contributed by atoms with Gasteiger partial charge in [0.1, 0.15) is 0 Å². The topological polar surface area (TPSA) is 12.9 Å². The molecule has 1 aromatic heterocycles. The Morgan fingerprint density at radius 2 is 2.11 bits per heavy atom. The molecule has 0 saturated carbocycles. The molecule has 0 aliphatic carbocycles. The van der Waals surface area contributed by atoms with E-state index in [0.29, 0.717) is 11.8 Å². The molecule has 1 aromatic carbocycles. The molecule has 96 valence electrons. The smallest absolute Gasteiger partial charge is 0.0931 e. The molecule has 0 amide bonds. The van der Waals surface area contributed by atoms with Gasteiger partial charge in [-0.25, -0.2) is 4.98 Å². The van der Waals surface area contributed by atoms with Crippen LogP contribution in [0.15, 0.2) is 34.1 Å². The van der Waals surface area contributed by atoms with Crippen molar-refractivity contribution in [2.45, 2.75) is 19.8 Å². The zero-order valence-electron chi connectivity index (χ0n) is 10.2. The van der Waals surface area contributed by atoms with Crippen LogP contribution in [0.3, 0.4) is 0 Å². The third-order valence-corrected chi connectivity index (χ3v) is 5.01. The lowest BCUT2D eigenvalue weighted by Gasteiger charge is -2.13. The minimum absolute atomic E-state index is 0.441. The van der Waals surface area contributed by atoms with Gasteiger partial charge in [0, 0.05) is 27.8 Å². The van der Waals surface area contributed by atoms with Crippen LogP contribution in [-0.4, -0.2) is 10.9 Å². The fraction of sp³-hybridized carbons (Fsp3) is 0.357. The number of rotatable bonds is 5. The van der Waals surface area contributed by atoms with Gasteiger partial charge in [0.15, 0.2) is 0 Å². The van der Waals surface area contributed by atoms with Gasteiger partial charge in [-0.3, -0.25) is 0 Å². The number of nitrogens with zero attached hydrogens (tertiary/aromatic N) is 1. The molecular weight excluding hydrogens is 330 g/mol. The van der Waals surface area contributed by atoms with Gasteiger partial charge in [-0.1, -0.05) is 34.1 Å². The van der Waals surface area contributed by atoms with Crippen LogP contribution in [0.5, 0.6) is 0 Å². The van der Waals surface area contributed by atoms with E-state index in [1.807, 2.05) is 13.0 Å². The van der Waals surface area contributed by atoms with Gasteiger partial charge in [-0.2, -0.15) is 0 Å². The van der Waals surface area contributed by atoms with E-state index in [1.165, 1.54) is 10.6 Å². The highest BCUT2D eigenvalue weighted by molar-refractivity contribution is 9.10. The molecule has 0 aliphatic heterocycles. The summed E-state index contributed by atoms with van der Waals surface area (Å²) < 4.78 is 1.16. The van der Waals surface area contributed by atoms with Gasteiger partial charge in [-0.15, -0.1) is 22.9 Å². The van der Waals surface area contributed by atoms with E-state index in [4.69, 9.17) is 11.6 Å². The summed E-state index contributed by atoms with van der Waals surface area (Å²) in [4.78, 5) is 4.51. The Kier molecular flexibility index (Phi) is 5.22. The number of aromatic nitrogens is 1. The first kappa shape index (κ1) is 14.0. The summed E-state index contributed by atoms with van der Waals surface area (Å²) in [7, 11) is 0. The van der Waals surface area contributed by atoms with Crippen molar-refractivity contribution in [3.63, 3.8) is 0 Å². The zero-order chi connectivity index (χ0) is 13.0. The Morgan fingerprint density at radius 1 is 1.33 bits per heavy atom. The summed E-state index contributed by atoms with van der Waals surface area (Å²) in [6, 6.07) is 8.33. The Balaban J connectivity index is 2.04. The SMILES string of the molecule is Cc1csc(CC(CCl)Cc2ccccc2Br)n1. The predicted octanol–water partition coefficient (Wildman–Crippen LogP) is 4.85. The van der Waals surface area contributed by atoms with E-state index in [9.17, 15) is 0 Å². The molecule has 0 bridgehead atoms. The van der Waals surface area contributed by atoms with Gasteiger partial charge in [0.25, 0.3) is 0 Å². The van der Waals surface area contributed by atoms with Crippen LogP contribution >= 0.6 is 38.9 Å². The average Bonchev–Trinajstić information content (AvgIpc) is 2.76. The highest BCUT2D eigenvalue weighted by atomic mass is 79.9. The Morgan fingerprint density at radius 3 is 2.72 bits per heavy atom. The zero-order valence-corrected chi connectivity index (χ0v) is 13.4. The van der Waals surface area contributed by atoms with E-state index in [-0.39, 0.29) is 0 Å². The number of aryl methyl sites for hydroxylation is 1. The predicted molar refractivity (Wildman–Crippen MR) is 82.6 cm³/mol. The molecule has 0 fully saturated rings. The van der Waals surface area contributed by atoms with E-state index in [0.717, 1.165) is 23.0 Å². The monoisotopic (exact) mass is 343 g/mol. The normalized spacial score (nSPS) is 12.6. The first-order chi connectivity index (χ1) is 8.69. The van der Waals surface area contributed by atoms with Crippen molar-refractivity contribution >= 4 is 38.9 Å². The van der Waals surface area contributed by atoms with E-state index in [2.05, 4.69) is 44.5 Å². The summed E-state index contributed by atoms with van der Waals surface area (Å²) in [6.45, 7) is 2.03. The van der Waals surface area contributed by atoms with E-state index in [1.54, 1.807) is 11.3 Å². The van der Waals surface area contributed by atoms with Crippen LogP contribution in [-0.2, 0) is 12.8 Å². The van der Waals surface area contributed by atoms with Crippen LogP contribution in [0.2, 0.25) is 0 Å². The summed E-state index contributed by atoms with van der Waals surface area (Å²) >= 11 is 11.4. The van der Waals surface area contributed by atoms with Crippen LogP contribution in [0.25, 0.3) is 0 Å². The first-order valence-corrected chi connectivity index (χ1v) is 8.10. The maximum absolute atomic E-state index is 6.09. The average molecular weight is 345 g/mol. The molecule has 1 atom stereocenters. The van der Waals surface area contributed by atoms with E-state index < -0.39 is 0 Å². The van der Waals surface area contributed by atoms with Crippen molar-refractivity contribution in [3.8, 4) is 0 Å². The summed E-state index contributed by atoms with van der Waals surface area (Å²) in [5.74, 6) is 1.11. The molecule has 0 saturated heterocycles. The molecule has 0 N–H and O–H groups in total. The molecule has 2 aromatic rings. The second-order valence-corrected chi connectivity index (χ2v) is 6.51. The fourth-order valence-corrected chi connectivity index (χ4v) is 3.45. The summed E-state index contributed by atoms with van der Waals surface area (Å²) in [5, 5.41) is 3.28. The minimum atomic E-state index is 0.441. The molecule has 2 rings (SSSR count). The van der Waals surface area contributed by atoms with Gasteiger partial charge in [0.05, 0.1) is 5.01 Å². The van der Waals surface area contributed by atoms with Crippen molar-refractivity contribution in [2.24, 2.45) is 5.92 Å². The number of hydrogen-bond acceptors (Lipinski definition) is 2. The molecular formula is C14H15BrClNS. The van der Waals surface area contributed by atoms with Crippen molar-refractivity contribution in [1.29, 1.82) is 0 Å². The van der Waals surface area contributed by atoms with Crippen LogP contribution < -0.4 is 0 Å². The lowest BCUT2D eigenvalue weighted by molar-refractivity contribution is 0.580. The highest BCUT2D eigenvalue weighted by Gasteiger charge is 2.13. The van der Waals surface area contributed by atoms with Crippen molar-refractivity contribution in [1.82, 2.24) is 4.98 Å². The second-order valence-electron chi connectivity index (χ2n) is 4.40. The number of halogens is 2. The lowest BCUT2D eigenvalue weighted by Crippen LogP contribution is -2.10. The van der Waals surface area contributed by atoms with Gasteiger partial charge in [-0.05, 0) is 30.9 Å². The maximum Gasteiger partial charge on any atom is 0.0931 e. The standard InChI is InChI=1S/C14H15BrClNS/c1-10-9-18-14(17-10)7-11(8-16)6-12-4-2-3-5-13(12)15/h2-5,9,11H,6-8H2,1H3. The number of alkyl halides is 1. The molecule has 1 heterocycles. The Bertz CT molecular complexity index is 512. The largest absolute Gasteiger partial charge is 0.247 e. The third-order valence-electron chi connectivity index (χ3n) is 2.81. The number of thiazole rings is 1. The summed E-state index contributed by atoms with van der Waals surface area (Å²) in [6.07, 6.45) is 1.95. The van der Waals surface area contributed by atoms with Gasteiger partial charge in [0.2, 0.25) is 0 Å². The first-order valence-electron chi connectivity index (χ1n) is 5.89. The number of benzene rings is 1. The van der Waals surface area contributed by atoms with Gasteiger partial charge >= 0.3 is 0 Å². The Hall–Kier alpha value is -0.380. The van der Waals surface area contributed by atoms with Crippen LogP contribution in [0.1, 0.15) is 16.3 Å². The molecule has 18 heavy (non-hydrogen) atoms. The molecule has 0 aliphatic rings. The lowest BCUT2D eigenvalue weighted by atomic mass is 9.98. The quantitative estimate of drug-likeness (QED) is 0.706. The van der Waals surface area contributed by atoms with Crippen LogP contribution in [0.4, 0.5) is 0 Å². The van der Waals surface area contributed by atoms with E-state index >= 15 is 0 Å². The van der Waals surface area contributed by atoms with Crippen molar-refractivity contribution in [3.05, 3.63) is 50.4 Å². The second kappa shape index (κ2) is 6.69. The molecule has 4 heteroatoms. The fourth-order valence-electron chi connectivity index (χ4n) is 1.90. The van der Waals surface area contributed by atoms with Crippen LogP contribution in [0, 0.1) is 12.8 Å². The molecule has 1 unspecified atom stereocenters. The molecule has 1 nitrogen and oxygen atoms in total. The summed E-state index contributed by atoms with van der Waals surface area (Å²) in [5.41, 5.74) is 2.42. The van der Waals surface area contributed by atoms with Crippen molar-refractivity contribution in [2.75, 3.05) is 5.88 Å². The molecule has 0 spiro atoms. The highest BCUT2D eigenvalue weighted by Crippen LogP contribution is 2.23. The Labute approximate surface area is 125 Å². The molecule has 0 radical (unpaired) electrons. The van der Waals surface area contributed by atoms with Gasteiger partial charge < -0.3 is 0 Å². The minimum Gasteiger partial charge on any atom is -0.247 e. The third kappa shape index (κ3) is 3.81. The number of hydrogen-bond donors (Lipinski definition) is 0.